The third-order valence-electron chi connectivity index (χ3n) is 3.67. The molecular weight excluding hydrogens is 254 g/mol. The molecule has 1 fully saturated rings. The first-order valence-electron chi connectivity index (χ1n) is 7.02. The molecule has 1 aliphatic heterocycles. The molecule has 0 aliphatic carbocycles. The number of hydrogen-bond donors (Lipinski definition) is 1. The molecule has 0 atom stereocenters. The Hall–Kier alpha value is -1.59. The van der Waals surface area contributed by atoms with Crippen LogP contribution >= 0.6 is 0 Å². The highest BCUT2D eigenvalue weighted by Gasteiger charge is 2.20. The summed E-state index contributed by atoms with van der Waals surface area (Å²) in [5.41, 5.74) is 7.39. The van der Waals surface area contributed by atoms with Crippen molar-refractivity contribution in [2.75, 3.05) is 52.2 Å². The number of hydrogen-bond acceptors (Lipinski definition) is 4. The van der Waals surface area contributed by atoms with E-state index in [9.17, 15) is 4.79 Å². The van der Waals surface area contributed by atoms with E-state index in [2.05, 4.69) is 4.90 Å². The molecule has 20 heavy (non-hydrogen) atoms. The van der Waals surface area contributed by atoms with Crippen molar-refractivity contribution in [2.45, 2.75) is 6.42 Å². The number of carbonyl (C=O) groups excluding carboxylic acids is 1. The van der Waals surface area contributed by atoms with Crippen molar-refractivity contribution in [1.29, 1.82) is 0 Å². The van der Waals surface area contributed by atoms with Crippen molar-refractivity contribution < 1.29 is 9.53 Å². The van der Waals surface area contributed by atoms with Gasteiger partial charge in [-0.15, -0.1) is 0 Å². The average molecular weight is 277 g/mol. The maximum Gasteiger partial charge on any atom is 0.227 e. The van der Waals surface area contributed by atoms with Crippen molar-refractivity contribution in [2.24, 2.45) is 0 Å². The van der Waals surface area contributed by atoms with Crippen LogP contribution in [0.5, 0.6) is 0 Å². The lowest BCUT2D eigenvalue weighted by Crippen LogP contribution is -2.49. The second kappa shape index (κ2) is 7.26. The van der Waals surface area contributed by atoms with E-state index in [1.54, 1.807) is 7.11 Å². The Labute approximate surface area is 120 Å². The number of piperazine rings is 1. The molecule has 5 heteroatoms. The predicted molar refractivity (Wildman–Crippen MR) is 79.5 cm³/mol. The second-order valence-corrected chi connectivity index (χ2v) is 5.13. The van der Waals surface area contributed by atoms with Gasteiger partial charge < -0.3 is 15.4 Å². The summed E-state index contributed by atoms with van der Waals surface area (Å²) in [5.74, 6) is 0.196. The number of rotatable bonds is 5. The second-order valence-electron chi connectivity index (χ2n) is 5.13. The van der Waals surface area contributed by atoms with E-state index in [-0.39, 0.29) is 5.91 Å². The fraction of sp³-hybridized carbons (Fsp3) is 0.533. The molecule has 5 nitrogen and oxygen atoms in total. The van der Waals surface area contributed by atoms with Crippen LogP contribution in [0.15, 0.2) is 24.3 Å². The molecule has 2 N–H and O–H groups in total. The lowest BCUT2D eigenvalue weighted by molar-refractivity contribution is -0.132. The number of methoxy groups -OCH3 is 1. The summed E-state index contributed by atoms with van der Waals surface area (Å²) in [6.07, 6.45) is 0.457. The van der Waals surface area contributed by atoms with Gasteiger partial charge in [0.1, 0.15) is 0 Å². The van der Waals surface area contributed by atoms with Crippen molar-refractivity contribution in [3.8, 4) is 0 Å². The van der Waals surface area contributed by atoms with Crippen LogP contribution in [0.4, 0.5) is 5.69 Å². The quantitative estimate of drug-likeness (QED) is 0.801. The first kappa shape index (κ1) is 14.8. The number of benzene rings is 1. The Bertz CT molecular complexity index is 425. The Morgan fingerprint density at radius 1 is 1.20 bits per heavy atom. The van der Waals surface area contributed by atoms with Crippen molar-refractivity contribution >= 4 is 11.6 Å². The topological polar surface area (TPSA) is 58.8 Å². The molecule has 0 radical (unpaired) electrons. The summed E-state index contributed by atoms with van der Waals surface area (Å²) < 4.78 is 5.08. The van der Waals surface area contributed by atoms with Gasteiger partial charge in [-0.25, -0.2) is 0 Å². The first-order valence-corrected chi connectivity index (χ1v) is 7.02. The molecular formula is C15H23N3O2. The molecule has 0 aromatic heterocycles. The van der Waals surface area contributed by atoms with E-state index in [0.717, 1.165) is 50.6 Å². The molecule has 1 heterocycles. The largest absolute Gasteiger partial charge is 0.399 e. The fourth-order valence-electron chi connectivity index (χ4n) is 2.36. The molecule has 2 rings (SSSR count). The summed E-state index contributed by atoms with van der Waals surface area (Å²) >= 11 is 0. The Kier molecular flexibility index (Phi) is 5.38. The number of ether oxygens (including phenoxy) is 1. The Balaban J connectivity index is 1.78. The Morgan fingerprint density at radius 2 is 1.85 bits per heavy atom. The molecule has 1 aromatic rings. The van der Waals surface area contributed by atoms with Crippen LogP contribution in [0.2, 0.25) is 0 Å². The average Bonchev–Trinajstić information content (AvgIpc) is 2.48. The maximum atomic E-state index is 12.2. The minimum Gasteiger partial charge on any atom is -0.399 e. The summed E-state index contributed by atoms with van der Waals surface area (Å²) in [7, 11) is 1.71. The van der Waals surface area contributed by atoms with Gasteiger partial charge in [-0.05, 0) is 17.7 Å². The number of nitrogen functional groups attached to an aromatic ring is 1. The molecule has 1 amide bonds. The third-order valence-corrected chi connectivity index (χ3v) is 3.67. The smallest absolute Gasteiger partial charge is 0.227 e. The lowest BCUT2D eigenvalue weighted by atomic mass is 10.1. The molecule has 1 aliphatic rings. The zero-order valence-electron chi connectivity index (χ0n) is 12.0. The summed E-state index contributed by atoms with van der Waals surface area (Å²) in [6, 6.07) is 7.51. The molecule has 1 saturated heterocycles. The van der Waals surface area contributed by atoms with Crippen molar-refractivity contribution in [1.82, 2.24) is 9.80 Å². The number of anilines is 1. The van der Waals surface area contributed by atoms with Crippen LogP contribution in [-0.4, -0.2) is 62.1 Å². The van der Waals surface area contributed by atoms with E-state index >= 15 is 0 Å². The van der Waals surface area contributed by atoms with Crippen LogP contribution < -0.4 is 5.73 Å². The van der Waals surface area contributed by atoms with Gasteiger partial charge in [0.25, 0.3) is 0 Å². The minimum absolute atomic E-state index is 0.196. The SMILES string of the molecule is COCCN1CCN(C(=O)Cc2ccc(N)cc2)CC1. The maximum absolute atomic E-state index is 12.2. The predicted octanol–water partition coefficient (Wildman–Crippen LogP) is 0.602. The zero-order valence-corrected chi connectivity index (χ0v) is 12.0. The van der Waals surface area contributed by atoms with Crippen molar-refractivity contribution in [3.05, 3.63) is 29.8 Å². The van der Waals surface area contributed by atoms with E-state index in [1.807, 2.05) is 29.2 Å². The molecule has 0 unspecified atom stereocenters. The van der Waals surface area contributed by atoms with Gasteiger partial charge in [0, 0.05) is 45.5 Å². The van der Waals surface area contributed by atoms with Crippen LogP contribution in [0.25, 0.3) is 0 Å². The number of amides is 1. The van der Waals surface area contributed by atoms with Gasteiger partial charge in [-0.3, -0.25) is 9.69 Å². The molecule has 0 bridgehead atoms. The highest BCUT2D eigenvalue weighted by atomic mass is 16.5. The first-order chi connectivity index (χ1) is 9.69. The highest BCUT2D eigenvalue weighted by Crippen LogP contribution is 2.09. The minimum atomic E-state index is 0.196. The van der Waals surface area contributed by atoms with Gasteiger partial charge in [0.2, 0.25) is 5.91 Å². The van der Waals surface area contributed by atoms with E-state index < -0.39 is 0 Å². The summed E-state index contributed by atoms with van der Waals surface area (Å²) in [4.78, 5) is 16.5. The number of carbonyl (C=O) groups is 1. The van der Waals surface area contributed by atoms with E-state index in [4.69, 9.17) is 10.5 Å². The highest BCUT2D eigenvalue weighted by molar-refractivity contribution is 5.79. The van der Waals surface area contributed by atoms with Gasteiger partial charge in [0.05, 0.1) is 13.0 Å². The summed E-state index contributed by atoms with van der Waals surface area (Å²) in [6.45, 7) is 5.15. The molecule has 0 saturated carbocycles. The van der Waals surface area contributed by atoms with E-state index in [0.29, 0.717) is 6.42 Å². The van der Waals surface area contributed by atoms with Gasteiger partial charge >= 0.3 is 0 Å². The lowest BCUT2D eigenvalue weighted by Gasteiger charge is -2.34. The summed E-state index contributed by atoms with van der Waals surface area (Å²) in [5, 5.41) is 0. The van der Waals surface area contributed by atoms with Gasteiger partial charge in [0.15, 0.2) is 0 Å². The van der Waals surface area contributed by atoms with E-state index in [1.165, 1.54) is 0 Å². The molecule has 1 aromatic carbocycles. The number of nitrogens with two attached hydrogens (primary N) is 1. The zero-order chi connectivity index (χ0) is 14.4. The molecule has 0 spiro atoms. The van der Waals surface area contributed by atoms with Crippen LogP contribution in [-0.2, 0) is 16.0 Å². The van der Waals surface area contributed by atoms with Gasteiger partial charge in [-0.1, -0.05) is 12.1 Å². The van der Waals surface area contributed by atoms with Crippen molar-refractivity contribution in [3.63, 3.8) is 0 Å². The monoisotopic (exact) mass is 277 g/mol. The van der Waals surface area contributed by atoms with Gasteiger partial charge in [-0.2, -0.15) is 0 Å². The standard InChI is InChI=1S/C15H23N3O2/c1-20-11-10-17-6-8-18(9-7-17)15(19)12-13-2-4-14(16)5-3-13/h2-5H,6-12,16H2,1H3. The van der Waals surface area contributed by atoms with Crippen LogP contribution in [0.1, 0.15) is 5.56 Å². The Morgan fingerprint density at radius 3 is 2.45 bits per heavy atom. The van der Waals surface area contributed by atoms with Crippen LogP contribution in [0, 0.1) is 0 Å². The normalized spacial score (nSPS) is 16.4. The fourth-order valence-corrected chi connectivity index (χ4v) is 2.36. The third kappa shape index (κ3) is 4.21. The number of nitrogens with zero attached hydrogens (tertiary/aromatic N) is 2. The van der Waals surface area contributed by atoms with Crippen LogP contribution in [0.3, 0.4) is 0 Å². The molecule has 110 valence electrons.